The van der Waals surface area contributed by atoms with Crippen molar-refractivity contribution < 1.29 is 21.9 Å². The molecule has 0 N–H and O–H groups in total. The molecule has 0 radical (unpaired) electrons. The Kier molecular flexibility index (Phi) is 3.15. The van der Waals surface area contributed by atoms with Gasteiger partial charge in [-0.2, -0.15) is 9.97 Å². The third-order valence-corrected chi connectivity index (χ3v) is 9.66. The van der Waals surface area contributed by atoms with Crippen LogP contribution in [-0.2, 0) is 5.41 Å². The van der Waals surface area contributed by atoms with Gasteiger partial charge in [-0.3, -0.25) is 4.57 Å². The average Bonchev–Trinajstić information content (AvgIpc) is 3.93. The highest BCUT2D eigenvalue weighted by Crippen LogP contribution is 2.51. The zero-order valence-electron chi connectivity index (χ0n) is 40.1. The van der Waals surface area contributed by atoms with Crippen molar-refractivity contribution in [1.82, 2.24) is 19.5 Å². The number of hydrogen-bond donors (Lipinski definition) is 0. The number of rotatable bonds is 3. The zero-order chi connectivity index (χ0) is 45.0. The van der Waals surface area contributed by atoms with Crippen molar-refractivity contribution in [2.75, 3.05) is 0 Å². The minimum Gasteiger partial charge on any atom is -0.278 e. The lowest BCUT2D eigenvalue weighted by Gasteiger charge is -2.21. The number of benzene rings is 6. The molecule has 0 aliphatic heterocycles. The van der Waals surface area contributed by atoms with Gasteiger partial charge in [0.1, 0.15) is 0 Å². The molecule has 0 saturated carbocycles. The van der Waals surface area contributed by atoms with Crippen molar-refractivity contribution in [2.45, 2.75) is 19.1 Å². The zero-order valence-corrected chi connectivity index (χ0v) is 24.9. The van der Waals surface area contributed by atoms with E-state index in [9.17, 15) is 5.48 Å². The molecule has 0 atom stereocenters. The van der Waals surface area contributed by atoms with E-state index < -0.39 is 107 Å². The molecule has 0 saturated heterocycles. The molecule has 1 aliphatic carbocycles. The number of thiophene rings is 1. The number of nitrogens with zero attached hydrogens (tertiary/aromatic N) is 4. The lowest BCUT2D eigenvalue weighted by Crippen LogP contribution is -2.15. The molecule has 5 heteroatoms. The second-order valence-corrected chi connectivity index (χ2v) is 12.3. The number of aromatic nitrogens is 4. The molecular formula is C42H28N4S. The molecule has 0 fully saturated rings. The topological polar surface area (TPSA) is 43.6 Å². The van der Waals surface area contributed by atoms with Gasteiger partial charge >= 0.3 is 0 Å². The van der Waals surface area contributed by atoms with Gasteiger partial charge in [0.15, 0.2) is 11.6 Å². The van der Waals surface area contributed by atoms with Gasteiger partial charge in [-0.1, -0.05) is 117 Å². The van der Waals surface area contributed by atoms with Crippen LogP contribution in [0.1, 0.15) is 46.8 Å². The summed E-state index contributed by atoms with van der Waals surface area (Å²) < 4.78 is 147. The molecule has 10 rings (SSSR count). The van der Waals surface area contributed by atoms with Crippen molar-refractivity contribution in [3.05, 3.63) is 144 Å². The summed E-state index contributed by atoms with van der Waals surface area (Å²) in [5.74, 6) is -0.124. The molecule has 0 unspecified atom stereocenters. The van der Waals surface area contributed by atoms with E-state index in [-0.39, 0.29) is 33.9 Å². The molecule has 9 aromatic rings. The van der Waals surface area contributed by atoms with E-state index in [1.54, 1.807) is 41.7 Å². The van der Waals surface area contributed by atoms with E-state index in [4.69, 9.17) is 31.4 Å². The first-order valence-electron chi connectivity index (χ1n) is 22.6. The van der Waals surface area contributed by atoms with Crippen molar-refractivity contribution in [3.8, 4) is 39.9 Å². The Labute approximate surface area is 298 Å². The Hall–Kier alpha value is -5.65. The maximum absolute atomic E-state index is 10.0. The summed E-state index contributed by atoms with van der Waals surface area (Å²) in [6.07, 6.45) is 0. The van der Waals surface area contributed by atoms with Gasteiger partial charge in [0.25, 0.3) is 0 Å². The second-order valence-electron chi connectivity index (χ2n) is 11.2. The molecule has 0 spiro atoms. The van der Waals surface area contributed by atoms with E-state index in [1.165, 1.54) is 0 Å². The van der Waals surface area contributed by atoms with Crippen LogP contribution in [0.5, 0.6) is 0 Å². The van der Waals surface area contributed by atoms with Crippen LogP contribution in [0.2, 0.25) is 0 Å². The number of hydrogen-bond acceptors (Lipinski definition) is 4. The van der Waals surface area contributed by atoms with Gasteiger partial charge in [-0.05, 0) is 52.5 Å². The molecule has 0 amide bonds. The third kappa shape index (κ3) is 3.84. The Balaban J connectivity index is 1.42. The Bertz CT molecular complexity index is 3490. The van der Waals surface area contributed by atoms with Gasteiger partial charge in [-0.25, -0.2) is 4.98 Å². The first-order valence-corrected chi connectivity index (χ1v) is 15.5. The van der Waals surface area contributed by atoms with Gasteiger partial charge in [0.05, 0.1) is 24.7 Å². The van der Waals surface area contributed by atoms with Crippen molar-refractivity contribution in [3.63, 3.8) is 0 Å². The minimum atomic E-state index is -3.64. The quantitative estimate of drug-likeness (QED) is 0.194. The van der Waals surface area contributed by atoms with Gasteiger partial charge in [0, 0.05) is 55.7 Å². The standard InChI is InChI=1S/C42H28N4S/c1-42(2)33-17-9-6-14-27(33)31-23-32-28-15-7-10-18-35(28)46(36(32)24-34(31)42)41-44-39(25-12-4-3-5-13-25)43-40(45-41)26-20-21-30-29-16-8-11-19-37(29)47-38(30)22-26/h3-24H,1-2H3/i1D3,2D3,6D,7D,9D,10D,14D,15D,17D,18D,23D,24D. The van der Waals surface area contributed by atoms with Crippen LogP contribution in [0.25, 0.3) is 81.8 Å². The summed E-state index contributed by atoms with van der Waals surface area (Å²) in [4.78, 5) is 14.5. The first-order chi connectivity index (χ1) is 29.7. The summed E-state index contributed by atoms with van der Waals surface area (Å²) in [5, 5.41) is 1.38. The Morgan fingerprint density at radius 3 is 2.28 bits per heavy atom. The smallest absolute Gasteiger partial charge is 0.238 e. The fourth-order valence-electron chi connectivity index (χ4n) is 6.36. The molecule has 4 nitrogen and oxygen atoms in total. The van der Waals surface area contributed by atoms with Crippen molar-refractivity contribution in [1.29, 1.82) is 0 Å². The fourth-order valence-corrected chi connectivity index (χ4v) is 7.50. The molecular weight excluding hydrogens is 593 g/mol. The molecule has 1 aliphatic rings. The van der Waals surface area contributed by atoms with Gasteiger partial charge < -0.3 is 0 Å². The molecule has 3 heterocycles. The Morgan fingerprint density at radius 1 is 0.617 bits per heavy atom. The average molecular weight is 637 g/mol. The molecule has 222 valence electrons. The highest BCUT2D eigenvalue weighted by atomic mass is 32.1. The van der Waals surface area contributed by atoms with E-state index in [0.717, 1.165) is 24.7 Å². The van der Waals surface area contributed by atoms with Crippen LogP contribution in [0.4, 0.5) is 0 Å². The van der Waals surface area contributed by atoms with Crippen LogP contribution in [0.15, 0.2) is 133 Å². The Morgan fingerprint density at radius 2 is 1.38 bits per heavy atom. The van der Waals surface area contributed by atoms with E-state index in [0.29, 0.717) is 11.1 Å². The van der Waals surface area contributed by atoms with Crippen LogP contribution < -0.4 is 0 Å². The monoisotopic (exact) mass is 636 g/mol. The van der Waals surface area contributed by atoms with Gasteiger partial charge in [-0.15, -0.1) is 11.3 Å². The van der Waals surface area contributed by atoms with Crippen LogP contribution >= 0.6 is 11.3 Å². The van der Waals surface area contributed by atoms with Crippen LogP contribution in [0, 0.1) is 0 Å². The maximum Gasteiger partial charge on any atom is 0.238 e. The maximum atomic E-state index is 10.0. The largest absolute Gasteiger partial charge is 0.278 e. The predicted molar refractivity (Wildman–Crippen MR) is 195 cm³/mol. The lowest BCUT2D eigenvalue weighted by molar-refractivity contribution is 0.661. The molecule has 47 heavy (non-hydrogen) atoms. The second kappa shape index (κ2) is 9.68. The first kappa shape index (κ1) is 15.3. The highest BCUT2D eigenvalue weighted by molar-refractivity contribution is 7.25. The summed E-state index contributed by atoms with van der Waals surface area (Å²) in [6.45, 7) is -7.28. The third-order valence-electron chi connectivity index (χ3n) is 8.53. The minimum absolute atomic E-state index is 0.0945. The lowest BCUT2D eigenvalue weighted by atomic mass is 9.82. The molecule has 3 aromatic heterocycles. The van der Waals surface area contributed by atoms with E-state index >= 15 is 0 Å². The van der Waals surface area contributed by atoms with E-state index in [1.807, 2.05) is 42.5 Å². The molecule has 0 bridgehead atoms. The summed E-state index contributed by atoms with van der Waals surface area (Å²) in [5.41, 5.74) is -5.87. The number of fused-ring (bicyclic) bond motifs is 9. The summed E-state index contributed by atoms with van der Waals surface area (Å²) in [7, 11) is 0. The SMILES string of the molecule is [2H]c1c([2H])c([2H])c2c(c1[2H])-c1c(c([2H])c3c(c1[2H])c1c([2H])c([2H])c([2H])c([2H])c1n3-c1nc(-c3ccccc3)nc(-c3ccc4c(c3)sc3ccccc34)n1)C2(C([2H])([2H])[2H])C([2H])([2H])[2H]. The highest BCUT2D eigenvalue weighted by Gasteiger charge is 2.36. The van der Waals surface area contributed by atoms with Crippen molar-refractivity contribution >= 4 is 53.3 Å². The summed E-state index contributed by atoms with van der Waals surface area (Å²) in [6, 6.07) is 14.4. The summed E-state index contributed by atoms with van der Waals surface area (Å²) >= 11 is 1.55. The number of para-hydroxylation sites is 1. The van der Waals surface area contributed by atoms with Crippen molar-refractivity contribution in [2.24, 2.45) is 0 Å². The molecule has 6 aromatic carbocycles. The fraction of sp³-hybridized carbons (Fsp3) is 0.0714. The predicted octanol–water partition coefficient (Wildman–Crippen LogP) is 11.0. The van der Waals surface area contributed by atoms with Gasteiger partial charge in [0.2, 0.25) is 5.95 Å². The van der Waals surface area contributed by atoms with Crippen LogP contribution in [0.3, 0.4) is 0 Å². The van der Waals surface area contributed by atoms with Crippen LogP contribution in [-0.4, -0.2) is 19.5 Å². The van der Waals surface area contributed by atoms with E-state index in [2.05, 4.69) is 0 Å². The normalized spacial score (nSPS) is 18.9.